The summed E-state index contributed by atoms with van der Waals surface area (Å²) >= 11 is 3.76. The van der Waals surface area contributed by atoms with Gasteiger partial charge in [-0.1, -0.05) is 0 Å². The van der Waals surface area contributed by atoms with E-state index in [-0.39, 0.29) is 18.6 Å². The molecule has 2 atom stereocenters. The van der Waals surface area contributed by atoms with E-state index in [4.69, 9.17) is 15.9 Å². The molecular weight excluding hydrogens is 236 g/mol. The lowest BCUT2D eigenvalue weighted by atomic mass is 10.1. The molecule has 0 fully saturated rings. The van der Waals surface area contributed by atoms with E-state index in [9.17, 15) is 14.4 Å². The summed E-state index contributed by atoms with van der Waals surface area (Å²) in [6.07, 6.45) is -0.175. The Morgan fingerprint density at radius 2 is 1.81 bits per heavy atom. The first kappa shape index (κ1) is 14.7. The van der Waals surface area contributed by atoms with Gasteiger partial charge in [0.2, 0.25) is 5.91 Å². The average molecular weight is 250 g/mol. The van der Waals surface area contributed by atoms with Gasteiger partial charge in [0.15, 0.2) is 0 Å². The van der Waals surface area contributed by atoms with Crippen molar-refractivity contribution in [2.24, 2.45) is 5.73 Å². The zero-order chi connectivity index (χ0) is 12.7. The minimum Gasteiger partial charge on any atom is -0.480 e. The lowest BCUT2D eigenvalue weighted by Crippen LogP contribution is -2.42. The number of carboxylic acid groups (broad SMARTS) is 2. The van der Waals surface area contributed by atoms with Gasteiger partial charge in [0.25, 0.3) is 0 Å². The molecule has 16 heavy (non-hydrogen) atoms. The van der Waals surface area contributed by atoms with Gasteiger partial charge in [0.05, 0.1) is 0 Å². The van der Waals surface area contributed by atoms with Gasteiger partial charge in [-0.05, 0) is 6.42 Å². The van der Waals surface area contributed by atoms with Crippen molar-refractivity contribution in [2.45, 2.75) is 24.9 Å². The van der Waals surface area contributed by atoms with Crippen molar-refractivity contribution < 1.29 is 24.6 Å². The second-order valence-electron chi connectivity index (χ2n) is 3.12. The number of carbonyl (C=O) groups is 3. The highest BCUT2D eigenvalue weighted by molar-refractivity contribution is 7.80. The number of nitrogens with one attached hydrogen (secondary N) is 1. The van der Waals surface area contributed by atoms with Crippen molar-refractivity contribution in [3.8, 4) is 0 Å². The molecule has 7 nitrogen and oxygen atoms in total. The van der Waals surface area contributed by atoms with Crippen molar-refractivity contribution >= 4 is 30.5 Å². The van der Waals surface area contributed by atoms with Crippen LogP contribution in [-0.4, -0.2) is 45.9 Å². The predicted octanol–water partition coefficient (Wildman–Crippen LogP) is -1.32. The largest absolute Gasteiger partial charge is 0.480 e. The molecule has 1 amide bonds. The van der Waals surface area contributed by atoms with Gasteiger partial charge < -0.3 is 21.3 Å². The minimum atomic E-state index is -1.20. The normalized spacial score (nSPS) is 13.9. The zero-order valence-electron chi connectivity index (χ0n) is 8.42. The standard InChI is InChI=1S/C8H14N2O5S/c9-4(7(12)13)1-2-6(11)10-5(3-16)8(14)15/h4-5,16H,1-3,9H2,(H,10,11)(H,12,13)(H,14,15)/t4-,5-/m1/s1. The molecule has 0 aliphatic rings. The number of nitrogens with two attached hydrogens (primary N) is 1. The summed E-state index contributed by atoms with van der Waals surface area (Å²) in [5, 5.41) is 19.3. The molecule has 0 aromatic rings. The van der Waals surface area contributed by atoms with E-state index in [1.165, 1.54) is 0 Å². The van der Waals surface area contributed by atoms with Crippen molar-refractivity contribution in [3.63, 3.8) is 0 Å². The topological polar surface area (TPSA) is 130 Å². The summed E-state index contributed by atoms with van der Waals surface area (Å²) in [4.78, 5) is 32.1. The van der Waals surface area contributed by atoms with Crippen LogP contribution in [-0.2, 0) is 14.4 Å². The molecule has 0 aromatic heterocycles. The molecule has 92 valence electrons. The Bertz CT molecular complexity index is 284. The van der Waals surface area contributed by atoms with Crippen LogP contribution in [0.2, 0.25) is 0 Å². The van der Waals surface area contributed by atoms with E-state index in [1.807, 2.05) is 0 Å². The van der Waals surface area contributed by atoms with Crippen LogP contribution in [0.5, 0.6) is 0 Å². The Kier molecular flexibility index (Phi) is 6.50. The Morgan fingerprint density at radius 1 is 1.25 bits per heavy atom. The molecule has 0 spiro atoms. The fourth-order valence-corrected chi connectivity index (χ4v) is 1.11. The molecule has 0 unspecified atom stereocenters. The number of amides is 1. The summed E-state index contributed by atoms with van der Waals surface area (Å²) in [6, 6.07) is -2.19. The molecule has 5 N–H and O–H groups in total. The molecule has 0 radical (unpaired) electrons. The monoisotopic (exact) mass is 250 g/mol. The van der Waals surface area contributed by atoms with Crippen LogP contribution >= 0.6 is 12.6 Å². The van der Waals surface area contributed by atoms with Gasteiger partial charge in [-0.2, -0.15) is 12.6 Å². The third-order valence-electron chi connectivity index (χ3n) is 1.82. The fraction of sp³-hybridized carbons (Fsp3) is 0.625. The number of carboxylic acids is 2. The Morgan fingerprint density at radius 3 is 2.19 bits per heavy atom. The molecule has 0 aromatic carbocycles. The van der Waals surface area contributed by atoms with Gasteiger partial charge >= 0.3 is 11.9 Å². The van der Waals surface area contributed by atoms with Crippen molar-refractivity contribution in [1.29, 1.82) is 0 Å². The summed E-state index contributed by atoms with van der Waals surface area (Å²) in [5.41, 5.74) is 5.18. The molecular formula is C8H14N2O5S. The maximum absolute atomic E-state index is 11.2. The molecule has 0 heterocycles. The lowest BCUT2D eigenvalue weighted by molar-refractivity contribution is -0.141. The first-order valence-corrected chi connectivity index (χ1v) is 5.13. The first-order chi connectivity index (χ1) is 7.38. The van der Waals surface area contributed by atoms with Crippen LogP contribution in [0.25, 0.3) is 0 Å². The lowest BCUT2D eigenvalue weighted by Gasteiger charge is -2.12. The molecule has 0 bridgehead atoms. The maximum Gasteiger partial charge on any atom is 0.327 e. The van der Waals surface area contributed by atoms with Crippen molar-refractivity contribution in [1.82, 2.24) is 5.32 Å². The Balaban J connectivity index is 3.99. The Labute approximate surface area is 97.4 Å². The van der Waals surface area contributed by atoms with Crippen LogP contribution in [0.15, 0.2) is 0 Å². The average Bonchev–Trinajstić information content (AvgIpc) is 2.21. The van der Waals surface area contributed by atoms with E-state index in [0.29, 0.717) is 0 Å². The minimum absolute atomic E-state index is 0.0357. The second-order valence-corrected chi connectivity index (χ2v) is 3.49. The highest BCUT2D eigenvalue weighted by atomic mass is 32.1. The molecule has 0 saturated carbocycles. The summed E-state index contributed by atoms with van der Waals surface area (Å²) < 4.78 is 0. The number of thiol groups is 1. The van der Waals surface area contributed by atoms with E-state index < -0.39 is 29.9 Å². The third-order valence-corrected chi connectivity index (χ3v) is 2.18. The van der Waals surface area contributed by atoms with E-state index >= 15 is 0 Å². The van der Waals surface area contributed by atoms with Crippen LogP contribution in [0, 0.1) is 0 Å². The van der Waals surface area contributed by atoms with Gasteiger partial charge in [-0.15, -0.1) is 0 Å². The first-order valence-electron chi connectivity index (χ1n) is 4.50. The molecule has 8 heteroatoms. The summed E-state index contributed by atoms with van der Waals surface area (Å²) in [6.45, 7) is 0. The van der Waals surface area contributed by atoms with Crippen LogP contribution in [0.3, 0.4) is 0 Å². The molecule has 0 saturated heterocycles. The Hall–Kier alpha value is -1.28. The third kappa shape index (κ3) is 5.56. The fourth-order valence-electron chi connectivity index (χ4n) is 0.862. The van der Waals surface area contributed by atoms with E-state index in [0.717, 1.165) is 0 Å². The number of aliphatic carboxylic acids is 2. The van der Waals surface area contributed by atoms with Gasteiger partial charge in [0.1, 0.15) is 12.1 Å². The number of carbonyl (C=O) groups excluding carboxylic acids is 1. The van der Waals surface area contributed by atoms with Crippen LogP contribution < -0.4 is 11.1 Å². The number of rotatable bonds is 7. The second kappa shape index (κ2) is 7.07. The molecule has 0 rings (SSSR count). The van der Waals surface area contributed by atoms with Gasteiger partial charge in [-0.25, -0.2) is 4.79 Å². The number of hydrogen-bond acceptors (Lipinski definition) is 5. The predicted molar refractivity (Wildman–Crippen MR) is 58.3 cm³/mol. The molecule has 0 aliphatic heterocycles. The zero-order valence-corrected chi connectivity index (χ0v) is 9.31. The highest BCUT2D eigenvalue weighted by Gasteiger charge is 2.19. The van der Waals surface area contributed by atoms with Crippen LogP contribution in [0.4, 0.5) is 0 Å². The SMILES string of the molecule is N[C@H](CCC(=O)N[C@H](CS)C(=O)O)C(=O)O. The van der Waals surface area contributed by atoms with Gasteiger partial charge in [-0.3, -0.25) is 9.59 Å². The van der Waals surface area contributed by atoms with Crippen molar-refractivity contribution in [2.75, 3.05) is 5.75 Å². The van der Waals surface area contributed by atoms with Gasteiger partial charge in [0, 0.05) is 12.2 Å². The quantitative estimate of drug-likeness (QED) is 0.356. The highest BCUT2D eigenvalue weighted by Crippen LogP contribution is 1.97. The number of hydrogen-bond donors (Lipinski definition) is 5. The van der Waals surface area contributed by atoms with Crippen LogP contribution in [0.1, 0.15) is 12.8 Å². The summed E-state index contributed by atoms with van der Waals surface area (Å²) in [7, 11) is 0. The summed E-state index contributed by atoms with van der Waals surface area (Å²) in [5.74, 6) is -2.98. The van der Waals surface area contributed by atoms with Crippen molar-refractivity contribution in [3.05, 3.63) is 0 Å². The van der Waals surface area contributed by atoms with E-state index in [1.54, 1.807) is 0 Å². The maximum atomic E-state index is 11.2. The smallest absolute Gasteiger partial charge is 0.327 e. The molecule has 0 aliphatic carbocycles. The van der Waals surface area contributed by atoms with E-state index in [2.05, 4.69) is 17.9 Å².